The highest BCUT2D eigenvalue weighted by Crippen LogP contribution is 2.38. The zero-order valence-electron chi connectivity index (χ0n) is 16.3. The van der Waals surface area contributed by atoms with E-state index in [0.717, 1.165) is 20.0 Å². The molecule has 0 N–H and O–H groups in total. The van der Waals surface area contributed by atoms with Crippen molar-refractivity contribution in [3.05, 3.63) is 63.7 Å². The fraction of sp³-hybridized carbons (Fsp3) is 0.100. The number of imide groups is 2. The molecule has 1 saturated heterocycles. The Balaban J connectivity index is 1.80. The smallest absolute Gasteiger partial charge is 0.268 e. The lowest BCUT2D eigenvalue weighted by molar-refractivity contribution is -0.384. The lowest BCUT2D eigenvalue weighted by atomic mass is 10.1. The maximum absolute atomic E-state index is 12.5. The highest BCUT2D eigenvalue weighted by Gasteiger charge is 2.38. The monoisotopic (exact) mass is 454 g/mol. The van der Waals surface area contributed by atoms with Crippen LogP contribution in [0.3, 0.4) is 0 Å². The van der Waals surface area contributed by atoms with Gasteiger partial charge < -0.3 is 0 Å². The van der Waals surface area contributed by atoms with Gasteiger partial charge in [-0.15, -0.1) is 11.3 Å². The third-order valence-electron chi connectivity index (χ3n) is 4.62. The minimum absolute atomic E-state index is 0.186. The Hall–Kier alpha value is -3.57. The third-order valence-corrected chi connectivity index (χ3v) is 6.81. The van der Waals surface area contributed by atoms with Gasteiger partial charge in [-0.1, -0.05) is 23.9 Å². The fourth-order valence-corrected chi connectivity index (χ4v) is 5.08. The van der Waals surface area contributed by atoms with E-state index >= 15 is 0 Å². The number of benzene rings is 2. The number of urea groups is 1. The number of nitrogens with zero attached hydrogens (tertiary/aromatic N) is 4. The topological polar surface area (TPSA) is 114 Å². The minimum atomic E-state index is -0.768. The van der Waals surface area contributed by atoms with E-state index in [0.29, 0.717) is 14.8 Å². The molecule has 1 aliphatic heterocycles. The average molecular weight is 454 g/mol. The first-order chi connectivity index (χ1) is 14.8. The highest BCUT2D eigenvalue weighted by molar-refractivity contribution is 8.01. The summed E-state index contributed by atoms with van der Waals surface area (Å²) in [6.07, 6.45) is 1.28. The van der Waals surface area contributed by atoms with Gasteiger partial charge in [0.2, 0.25) is 0 Å². The van der Waals surface area contributed by atoms with Crippen LogP contribution in [0.4, 0.5) is 10.5 Å². The molecule has 1 fully saturated rings. The summed E-state index contributed by atoms with van der Waals surface area (Å²) in [6.45, 7) is 0. The Kier molecular flexibility index (Phi) is 5.29. The van der Waals surface area contributed by atoms with Crippen molar-refractivity contribution in [2.24, 2.45) is 0 Å². The van der Waals surface area contributed by atoms with Crippen molar-refractivity contribution in [2.45, 2.75) is 9.24 Å². The van der Waals surface area contributed by atoms with Crippen molar-refractivity contribution < 1.29 is 19.3 Å². The lowest BCUT2D eigenvalue weighted by Crippen LogP contribution is -2.52. The second-order valence-corrected chi connectivity index (χ2v) is 8.92. The van der Waals surface area contributed by atoms with Crippen LogP contribution in [0.15, 0.2) is 57.3 Å². The number of nitro groups is 1. The van der Waals surface area contributed by atoms with Crippen LogP contribution in [0.25, 0.3) is 16.3 Å². The molecular weight excluding hydrogens is 440 g/mol. The van der Waals surface area contributed by atoms with Crippen LogP contribution in [0.5, 0.6) is 0 Å². The summed E-state index contributed by atoms with van der Waals surface area (Å²) in [7, 11) is 2.54. The van der Waals surface area contributed by atoms with Gasteiger partial charge in [0.1, 0.15) is 5.57 Å². The Morgan fingerprint density at radius 2 is 1.74 bits per heavy atom. The molecule has 1 aromatic heterocycles. The number of hydrogen-bond donors (Lipinski definition) is 0. The maximum Gasteiger partial charge on any atom is 0.333 e. The first-order valence-electron chi connectivity index (χ1n) is 8.90. The van der Waals surface area contributed by atoms with E-state index < -0.39 is 22.8 Å². The average Bonchev–Trinajstić information content (AvgIpc) is 3.17. The predicted octanol–water partition coefficient (Wildman–Crippen LogP) is 3.79. The van der Waals surface area contributed by atoms with Crippen LogP contribution < -0.4 is 0 Å². The zero-order valence-corrected chi connectivity index (χ0v) is 17.9. The largest absolute Gasteiger partial charge is 0.333 e. The van der Waals surface area contributed by atoms with Crippen molar-refractivity contribution in [2.75, 3.05) is 14.1 Å². The summed E-state index contributed by atoms with van der Waals surface area (Å²) in [4.78, 5) is 54.6. The Bertz CT molecular complexity index is 1240. The zero-order chi connectivity index (χ0) is 22.3. The number of para-hydroxylation sites is 1. The molecule has 2 heterocycles. The second kappa shape index (κ2) is 7.93. The molecule has 0 aliphatic carbocycles. The summed E-state index contributed by atoms with van der Waals surface area (Å²) in [6, 6.07) is 11.1. The number of nitro benzene ring substituents is 1. The van der Waals surface area contributed by atoms with Crippen LogP contribution in [-0.4, -0.2) is 51.6 Å². The van der Waals surface area contributed by atoms with Gasteiger partial charge in [0, 0.05) is 31.1 Å². The summed E-state index contributed by atoms with van der Waals surface area (Å²) >= 11 is 2.74. The van der Waals surface area contributed by atoms with Crippen molar-refractivity contribution in [1.29, 1.82) is 0 Å². The molecule has 9 nitrogen and oxygen atoms in total. The van der Waals surface area contributed by atoms with E-state index in [-0.39, 0.29) is 11.3 Å². The summed E-state index contributed by atoms with van der Waals surface area (Å²) < 4.78 is 1.70. The minimum Gasteiger partial charge on any atom is -0.268 e. The van der Waals surface area contributed by atoms with Gasteiger partial charge >= 0.3 is 6.03 Å². The van der Waals surface area contributed by atoms with Crippen molar-refractivity contribution in [3.63, 3.8) is 0 Å². The Labute approximate surface area is 184 Å². The van der Waals surface area contributed by atoms with Gasteiger partial charge in [0.25, 0.3) is 17.5 Å². The van der Waals surface area contributed by atoms with Gasteiger partial charge in [0.15, 0.2) is 4.34 Å². The highest BCUT2D eigenvalue weighted by atomic mass is 32.2. The standard InChI is InChI=1S/C20H14N4O5S2/c1-22-17(25)13(18(26)23(2)20(22)27)10-11-9-12(24(28)29)7-8-15(11)30-19-21-14-5-3-4-6-16(14)31-19/h3-10H,1-2H3. The molecule has 11 heteroatoms. The number of non-ortho nitro benzene ring substituents is 1. The van der Waals surface area contributed by atoms with E-state index in [1.54, 1.807) is 6.07 Å². The van der Waals surface area contributed by atoms with Crippen molar-refractivity contribution in [3.8, 4) is 0 Å². The predicted molar refractivity (Wildman–Crippen MR) is 116 cm³/mol. The second-order valence-electron chi connectivity index (χ2n) is 6.60. The maximum atomic E-state index is 12.5. The molecule has 4 rings (SSSR count). The van der Waals surface area contributed by atoms with Crippen molar-refractivity contribution >= 4 is 62.9 Å². The van der Waals surface area contributed by atoms with Crippen LogP contribution in [0, 0.1) is 10.1 Å². The van der Waals surface area contributed by atoms with Gasteiger partial charge in [0.05, 0.1) is 15.1 Å². The number of rotatable bonds is 4. The number of hydrogen-bond acceptors (Lipinski definition) is 8. The molecule has 2 aromatic carbocycles. The quantitative estimate of drug-likeness (QED) is 0.255. The molecule has 0 radical (unpaired) electrons. The number of carbonyl (C=O) groups excluding carboxylic acids is 3. The number of carbonyl (C=O) groups is 3. The summed E-state index contributed by atoms with van der Waals surface area (Å²) in [5.41, 5.74) is 0.702. The van der Waals surface area contributed by atoms with E-state index in [2.05, 4.69) is 4.98 Å². The van der Waals surface area contributed by atoms with E-state index in [1.165, 1.54) is 55.4 Å². The molecule has 31 heavy (non-hydrogen) atoms. The van der Waals surface area contributed by atoms with Gasteiger partial charge in [-0.25, -0.2) is 9.78 Å². The summed E-state index contributed by atoms with van der Waals surface area (Å²) in [5, 5.41) is 11.3. The first-order valence-corrected chi connectivity index (χ1v) is 10.5. The molecule has 3 aromatic rings. The van der Waals surface area contributed by atoms with E-state index in [1.807, 2.05) is 24.3 Å². The lowest BCUT2D eigenvalue weighted by Gasteiger charge is -2.28. The molecule has 0 bridgehead atoms. The number of thiazole rings is 1. The number of amides is 4. The number of barbiturate groups is 1. The normalized spacial score (nSPS) is 14.5. The number of aromatic nitrogens is 1. The van der Waals surface area contributed by atoms with Gasteiger partial charge in [-0.2, -0.15) is 0 Å². The number of fused-ring (bicyclic) bond motifs is 1. The third kappa shape index (κ3) is 3.80. The molecular formula is C20H14N4O5S2. The number of likely N-dealkylation sites (N-methyl/N-ethyl adjacent to an activating group) is 2. The Morgan fingerprint density at radius 1 is 1.06 bits per heavy atom. The first kappa shape index (κ1) is 20.7. The van der Waals surface area contributed by atoms with Crippen LogP contribution in [0.1, 0.15) is 5.56 Å². The molecule has 0 saturated carbocycles. The van der Waals surface area contributed by atoms with E-state index in [4.69, 9.17) is 0 Å². The molecule has 156 valence electrons. The Morgan fingerprint density at radius 3 is 2.39 bits per heavy atom. The fourth-order valence-electron chi connectivity index (χ4n) is 2.97. The van der Waals surface area contributed by atoms with Crippen LogP contribution in [-0.2, 0) is 9.59 Å². The molecule has 0 atom stereocenters. The summed E-state index contributed by atoms with van der Waals surface area (Å²) in [5.74, 6) is -1.54. The van der Waals surface area contributed by atoms with Crippen LogP contribution in [0.2, 0.25) is 0 Å². The van der Waals surface area contributed by atoms with Gasteiger partial charge in [-0.3, -0.25) is 29.5 Å². The molecule has 1 aliphatic rings. The molecule has 0 unspecified atom stereocenters. The molecule has 4 amide bonds. The van der Waals surface area contributed by atoms with Crippen LogP contribution >= 0.6 is 23.1 Å². The molecule has 0 spiro atoms. The van der Waals surface area contributed by atoms with E-state index in [9.17, 15) is 24.5 Å². The van der Waals surface area contributed by atoms with Crippen molar-refractivity contribution in [1.82, 2.24) is 14.8 Å². The van der Waals surface area contributed by atoms with Gasteiger partial charge in [-0.05, 0) is 29.8 Å². The SMILES string of the molecule is CN1C(=O)C(=Cc2cc([N+](=O)[O-])ccc2Sc2nc3ccccc3s2)C(=O)N(C)C1=O.